The molecular weight excluding hydrogens is 535 g/mol. The van der Waals surface area contributed by atoms with Crippen LogP contribution in [0.1, 0.15) is 16.7 Å². The maximum absolute atomic E-state index is 14.1. The smallest absolute Gasteiger partial charge is 0.281 e. The van der Waals surface area contributed by atoms with Crippen molar-refractivity contribution >= 4 is 39.3 Å². The maximum atomic E-state index is 14.1. The zero-order chi connectivity index (χ0) is 25.8. The van der Waals surface area contributed by atoms with E-state index in [0.29, 0.717) is 44.1 Å². The number of rotatable bonds is 7. The number of benzene rings is 4. The number of hydrogen-bond donors (Lipinski definition) is 0. The van der Waals surface area contributed by atoms with E-state index in [0.717, 1.165) is 5.56 Å². The average Bonchev–Trinajstić information content (AvgIpc) is 3.25. The molecule has 0 aliphatic carbocycles. The number of ether oxygens (including phenoxy) is 2. The van der Waals surface area contributed by atoms with Crippen molar-refractivity contribution < 1.29 is 18.7 Å². The van der Waals surface area contributed by atoms with E-state index < -0.39 is 0 Å². The van der Waals surface area contributed by atoms with Crippen molar-refractivity contribution in [3.05, 3.63) is 130 Å². The second kappa shape index (κ2) is 10.8. The Balaban J connectivity index is 1.51. The van der Waals surface area contributed by atoms with Crippen molar-refractivity contribution in [1.82, 2.24) is 0 Å². The number of amides is 1. The summed E-state index contributed by atoms with van der Waals surface area (Å²) in [6.07, 6.45) is 1.78. The largest absolute Gasteiger partial charge is 0.493 e. The molecule has 0 fully saturated rings. The highest BCUT2D eigenvalue weighted by molar-refractivity contribution is 9.10. The molecule has 37 heavy (non-hydrogen) atoms. The van der Waals surface area contributed by atoms with E-state index in [9.17, 15) is 9.18 Å². The molecule has 0 radical (unpaired) electrons. The molecule has 0 atom stereocenters. The van der Waals surface area contributed by atoms with Gasteiger partial charge in [0.25, 0.3) is 5.91 Å². The Morgan fingerprint density at radius 3 is 2.32 bits per heavy atom. The van der Waals surface area contributed by atoms with Crippen LogP contribution in [0.15, 0.2) is 112 Å². The van der Waals surface area contributed by atoms with Crippen LogP contribution in [-0.2, 0) is 11.4 Å². The van der Waals surface area contributed by atoms with E-state index >= 15 is 0 Å². The van der Waals surface area contributed by atoms with Crippen molar-refractivity contribution in [1.29, 1.82) is 0 Å². The van der Waals surface area contributed by atoms with Gasteiger partial charge in [-0.25, -0.2) is 4.39 Å². The third kappa shape index (κ3) is 5.17. The van der Waals surface area contributed by atoms with E-state index in [2.05, 4.69) is 21.0 Å². The molecule has 0 N–H and O–H groups in total. The molecule has 7 heteroatoms. The highest BCUT2D eigenvalue weighted by Crippen LogP contribution is 2.38. The molecule has 4 aromatic rings. The Labute approximate surface area is 222 Å². The van der Waals surface area contributed by atoms with Gasteiger partial charge in [0.1, 0.15) is 18.1 Å². The molecule has 1 aliphatic heterocycles. The zero-order valence-corrected chi connectivity index (χ0v) is 21.5. The number of anilines is 1. The minimum Gasteiger partial charge on any atom is -0.493 e. The summed E-state index contributed by atoms with van der Waals surface area (Å²) in [5.41, 5.74) is 3.68. The molecular formula is C30H22BrFN2O3. The number of carbonyl (C=O) groups is 1. The van der Waals surface area contributed by atoms with Gasteiger partial charge in [0.2, 0.25) is 0 Å². The van der Waals surface area contributed by atoms with Gasteiger partial charge in [-0.3, -0.25) is 4.79 Å². The molecule has 0 bridgehead atoms. The van der Waals surface area contributed by atoms with Crippen molar-refractivity contribution in [2.45, 2.75) is 6.61 Å². The fraction of sp³-hybridized carbons (Fsp3) is 0.0667. The standard InChI is InChI=1S/C30H22BrFN2O3/c1-36-27-18-20(17-25(31)29(27)37-19-22-12-8-9-15-26(22)32)16-24-28(21-10-4-2-5-11-21)33-34(30(24)35)23-13-6-3-7-14-23/h2-18H,19H2,1H3/b24-16-. The summed E-state index contributed by atoms with van der Waals surface area (Å²) in [5.74, 6) is 0.309. The molecule has 5 rings (SSSR count). The summed E-state index contributed by atoms with van der Waals surface area (Å²) in [7, 11) is 1.53. The lowest BCUT2D eigenvalue weighted by Crippen LogP contribution is -2.21. The molecule has 0 saturated heterocycles. The Bertz CT molecular complexity index is 1500. The lowest BCUT2D eigenvalue weighted by atomic mass is 10.00. The summed E-state index contributed by atoms with van der Waals surface area (Å²) in [6.45, 7) is 0.0391. The van der Waals surface area contributed by atoms with Gasteiger partial charge in [-0.2, -0.15) is 10.1 Å². The topological polar surface area (TPSA) is 51.1 Å². The van der Waals surface area contributed by atoms with Crippen LogP contribution >= 0.6 is 15.9 Å². The zero-order valence-electron chi connectivity index (χ0n) is 19.9. The molecule has 1 amide bonds. The Hall–Kier alpha value is -4.23. The molecule has 5 nitrogen and oxygen atoms in total. The van der Waals surface area contributed by atoms with Crippen molar-refractivity contribution in [3.8, 4) is 11.5 Å². The first-order valence-corrected chi connectivity index (χ1v) is 12.3. The van der Waals surface area contributed by atoms with Gasteiger partial charge >= 0.3 is 0 Å². The van der Waals surface area contributed by atoms with Crippen molar-refractivity contribution in [2.75, 3.05) is 12.1 Å². The van der Waals surface area contributed by atoms with Gasteiger partial charge < -0.3 is 9.47 Å². The van der Waals surface area contributed by atoms with Crippen LogP contribution in [0.5, 0.6) is 11.5 Å². The first kappa shape index (κ1) is 24.5. The fourth-order valence-electron chi connectivity index (χ4n) is 3.99. The number of hydrazone groups is 1. The Morgan fingerprint density at radius 2 is 1.62 bits per heavy atom. The van der Waals surface area contributed by atoms with Gasteiger partial charge in [-0.15, -0.1) is 0 Å². The van der Waals surface area contributed by atoms with E-state index in [4.69, 9.17) is 9.47 Å². The van der Waals surface area contributed by atoms with E-state index in [1.54, 1.807) is 30.3 Å². The summed E-state index contributed by atoms with van der Waals surface area (Å²) >= 11 is 3.55. The summed E-state index contributed by atoms with van der Waals surface area (Å²) in [6, 6.07) is 28.9. The molecule has 1 aliphatic rings. The number of hydrogen-bond acceptors (Lipinski definition) is 4. The molecule has 0 saturated carbocycles. The Morgan fingerprint density at radius 1 is 0.946 bits per heavy atom. The quantitative estimate of drug-likeness (QED) is 0.230. The second-order valence-corrected chi connectivity index (χ2v) is 9.09. The van der Waals surface area contributed by atoms with Gasteiger partial charge in [-0.1, -0.05) is 66.7 Å². The molecule has 184 valence electrons. The van der Waals surface area contributed by atoms with Crippen LogP contribution in [-0.4, -0.2) is 18.7 Å². The molecule has 4 aromatic carbocycles. The fourth-order valence-corrected chi connectivity index (χ4v) is 4.57. The van der Waals surface area contributed by atoms with Gasteiger partial charge in [0.15, 0.2) is 11.5 Å². The Kier molecular flexibility index (Phi) is 7.14. The van der Waals surface area contributed by atoms with Crippen molar-refractivity contribution in [2.24, 2.45) is 5.10 Å². The first-order chi connectivity index (χ1) is 18.0. The minimum absolute atomic E-state index is 0.0391. The van der Waals surface area contributed by atoms with Crippen LogP contribution in [0.2, 0.25) is 0 Å². The van der Waals surface area contributed by atoms with Crippen LogP contribution in [0.4, 0.5) is 10.1 Å². The number of para-hydroxylation sites is 1. The molecule has 0 aromatic heterocycles. The second-order valence-electron chi connectivity index (χ2n) is 8.24. The number of methoxy groups -OCH3 is 1. The maximum Gasteiger partial charge on any atom is 0.281 e. The predicted molar refractivity (Wildman–Crippen MR) is 146 cm³/mol. The molecule has 0 unspecified atom stereocenters. The third-order valence-corrected chi connectivity index (χ3v) is 6.41. The third-order valence-electron chi connectivity index (χ3n) is 5.82. The predicted octanol–water partition coefficient (Wildman–Crippen LogP) is 7.01. The van der Waals surface area contributed by atoms with Crippen LogP contribution in [0.3, 0.4) is 0 Å². The number of nitrogens with zero attached hydrogens (tertiary/aromatic N) is 2. The number of carbonyl (C=O) groups excluding carboxylic acids is 1. The number of halogens is 2. The van der Waals surface area contributed by atoms with E-state index in [1.165, 1.54) is 18.2 Å². The van der Waals surface area contributed by atoms with E-state index in [1.807, 2.05) is 66.7 Å². The van der Waals surface area contributed by atoms with E-state index in [-0.39, 0.29) is 18.3 Å². The first-order valence-electron chi connectivity index (χ1n) is 11.5. The van der Waals surface area contributed by atoms with Gasteiger partial charge in [0.05, 0.1) is 22.8 Å². The SMILES string of the molecule is COc1cc(/C=C2\C(=O)N(c3ccccc3)N=C2c2ccccc2)cc(Br)c1OCc1ccccc1F. The van der Waals surface area contributed by atoms with Crippen LogP contribution < -0.4 is 14.5 Å². The van der Waals surface area contributed by atoms with Gasteiger partial charge in [-0.05, 0) is 57.9 Å². The summed E-state index contributed by atoms with van der Waals surface area (Å²) in [4.78, 5) is 13.5. The summed E-state index contributed by atoms with van der Waals surface area (Å²) < 4.78 is 26.1. The minimum atomic E-state index is -0.339. The lowest BCUT2D eigenvalue weighted by Gasteiger charge is -2.14. The van der Waals surface area contributed by atoms with Gasteiger partial charge in [0, 0.05) is 11.1 Å². The highest BCUT2D eigenvalue weighted by Gasteiger charge is 2.32. The average molecular weight is 557 g/mol. The lowest BCUT2D eigenvalue weighted by molar-refractivity contribution is -0.114. The van der Waals surface area contributed by atoms with Crippen molar-refractivity contribution in [3.63, 3.8) is 0 Å². The monoisotopic (exact) mass is 556 g/mol. The normalized spacial score (nSPS) is 14.1. The van der Waals surface area contributed by atoms with Crippen LogP contribution in [0.25, 0.3) is 6.08 Å². The molecule has 0 spiro atoms. The highest BCUT2D eigenvalue weighted by atomic mass is 79.9. The summed E-state index contributed by atoms with van der Waals surface area (Å²) in [5, 5.41) is 6.08. The molecule has 1 heterocycles. The van der Waals surface area contributed by atoms with Crippen LogP contribution in [0, 0.1) is 5.82 Å².